The molecule has 0 aliphatic carbocycles. The number of urea groups is 1. The molecular formula is C11H9FN2O3S. The highest BCUT2D eigenvalue weighted by molar-refractivity contribution is 7.85. The van der Waals surface area contributed by atoms with Crippen molar-refractivity contribution in [3.8, 4) is 0 Å². The average Bonchev–Trinajstić information content (AvgIpc) is 2.82. The van der Waals surface area contributed by atoms with Gasteiger partial charge in [0.25, 0.3) is 5.91 Å². The molecule has 3 amide bonds. The Morgan fingerprint density at radius 3 is 2.50 bits per heavy atom. The number of rotatable bonds is 1. The third-order valence-electron chi connectivity index (χ3n) is 3.03. The lowest BCUT2D eigenvalue weighted by Gasteiger charge is -2.14. The molecule has 5 nitrogen and oxygen atoms in total. The van der Waals surface area contributed by atoms with Crippen LogP contribution in [0.2, 0.25) is 0 Å². The number of benzene rings is 1. The number of amides is 3. The summed E-state index contributed by atoms with van der Waals surface area (Å²) in [7, 11) is -1.15. The van der Waals surface area contributed by atoms with Crippen LogP contribution in [0.4, 0.5) is 14.9 Å². The Hall–Kier alpha value is -1.76. The number of hydrogen-bond donors (Lipinski definition) is 0. The first-order chi connectivity index (χ1) is 8.58. The number of nitrogens with zero attached hydrogens (tertiary/aromatic N) is 2. The summed E-state index contributed by atoms with van der Waals surface area (Å²) in [6.45, 7) is 0. The minimum atomic E-state index is -1.15. The van der Waals surface area contributed by atoms with Gasteiger partial charge in [-0.1, -0.05) is 0 Å². The van der Waals surface area contributed by atoms with Gasteiger partial charge >= 0.3 is 6.03 Å². The van der Waals surface area contributed by atoms with E-state index in [1.165, 1.54) is 29.2 Å². The van der Waals surface area contributed by atoms with Crippen LogP contribution in [0, 0.1) is 5.82 Å². The smallest absolute Gasteiger partial charge is 0.299 e. The van der Waals surface area contributed by atoms with Crippen LogP contribution in [-0.4, -0.2) is 38.7 Å². The van der Waals surface area contributed by atoms with Gasteiger partial charge in [0, 0.05) is 10.8 Å². The Balaban J connectivity index is 1.96. The van der Waals surface area contributed by atoms with E-state index in [0.717, 1.165) is 4.90 Å². The molecule has 2 atom stereocenters. The molecule has 2 aliphatic heterocycles. The standard InChI is InChI=1S/C11H9FN2O3S/c12-7-1-3-8(4-2-7)14-10(15)9-5-18(17)6-13(9)11(14)16/h1-4,9H,5-6H2. The highest BCUT2D eigenvalue weighted by atomic mass is 32.2. The van der Waals surface area contributed by atoms with E-state index < -0.39 is 34.6 Å². The van der Waals surface area contributed by atoms with Crippen LogP contribution >= 0.6 is 0 Å². The van der Waals surface area contributed by atoms with Crippen LogP contribution in [-0.2, 0) is 15.6 Å². The van der Waals surface area contributed by atoms with Crippen molar-refractivity contribution < 1.29 is 18.2 Å². The Morgan fingerprint density at radius 1 is 1.22 bits per heavy atom. The van der Waals surface area contributed by atoms with Gasteiger partial charge in [0.1, 0.15) is 11.9 Å². The second-order valence-electron chi connectivity index (χ2n) is 4.15. The minimum Gasteiger partial charge on any atom is -0.299 e. The normalized spacial score (nSPS) is 26.9. The van der Waals surface area contributed by atoms with E-state index in [4.69, 9.17) is 0 Å². The number of hydrogen-bond acceptors (Lipinski definition) is 3. The highest BCUT2D eigenvalue weighted by Crippen LogP contribution is 2.29. The average molecular weight is 268 g/mol. The third kappa shape index (κ3) is 1.54. The molecule has 0 aromatic heterocycles. The van der Waals surface area contributed by atoms with Crippen molar-refractivity contribution in [3.63, 3.8) is 0 Å². The third-order valence-corrected chi connectivity index (χ3v) is 4.28. The van der Waals surface area contributed by atoms with E-state index in [1.807, 2.05) is 0 Å². The zero-order valence-electron chi connectivity index (χ0n) is 9.21. The molecular weight excluding hydrogens is 259 g/mol. The lowest BCUT2D eigenvalue weighted by molar-refractivity contribution is -0.118. The summed E-state index contributed by atoms with van der Waals surface area (Å²) in [5.74, 6) is -0.549. The van der Waals surface area contributed by atoms with Crippen molar-refractivity contribution in [1.82, 2.24) is 4.90 Å². The highest BCUT2D eigenvalue weighted by Gasteiger charge is 2.50. The molecule has 0 N–H and O–H groups in total. The second-order valence-corrected chi connectivity index (χ2v) is 5.63. The number of carbonyl (C=O) groups is 2. The number of fused-ring (bicyclic) bond motifs is 1. The zero-order valence-corrected chi connectivity index (χ0v) is 10.0. The molecule has 2 unspecified atom stereocenters. The van der Waals surface area contributed by atoms with E-state index in [0.29, 0.717) is 5.69 Å². The van der Waals surface area contributed by atoms with E-state index in [9.17, 15) is 18.2 Å². The van der Waals surface area contributed by atoms with E-state index in [1.54, 1.807) is 0 Å². The molecule has 2 saturated heterocycles. The molecule has 1 aromatic carbocycles. The van der Waals surface area contributed by atoms with Crippen LogP contribution in [0.5, 0.6) is 0 Å². The maximum absolute atomic E-state index is 12.8. The van der Waals surface area contributed by atoms with Crippen molar-refractivity contribution in [2.75, 3.05) is 16.5 Å². The molecule has 2 aliphatic rings. The largest absolute Gasteiger partial charge is 0.332 e. The van der Waals surface area contributed by atoms with Crippen LogP contribution in [0.3, 0.4) is 0 Å². The number of halogens is 1. The van der Waals surface area contributed by atoms with Crippen LogP contribution in [0.25, 0.3) is 0 Å². The molecule has 2 heterocycles. The van der Waals surface area contributed by atoms with Crippen LogP contribution in [0.15, 0.2) is 24.3 Å². The fourth-order valence-corrected chi connectivity index (χ4v) is 3.54. The monoisotopic (exact) mass is 268 g/mol. The fraction of sp³-hybridized carbons (Fsp3) is 0.273. The second kappa shape index (κ2) is 3.88. The topological polar surface area (TPSA) is 57.7 Å². The Kier molecular flexibility index (Phi) is 2.44. The molecule has 2 fully saturated rings. The van der Waals surface area contributed by atoms with Crippen molar-refractivity contribution in [1.29, 1.82) is 0 Å². The number of carbonyl (C=O) groups excluding carboxylic acids is 2. The van der Waals surface area contributed by atoms with Gasteiger partial charge in [0.15, 0.2) is 0 Å². The first kappa shape index (κ1) is 11.3. The molecule has 7 heteroatoms. The van der Waals surface area contributed by atoms with Crippen LogP contribution in [0.1, 0.15) is 0 Å². The predicted octanol–water partition coefficient (Wildman–Crippen LogP) is 0.683. The summed E-state index contributed by atoms with van der Waals surface area (Å²) in [6.07, 6.45) is 0. The fourth-order valence-electron chi connectivity index (χ4n) is 2.16. The van der Waals surface area contributed by atoms with Gasteiger partial charge in [-0.15, -0.1) is 0 Å². The maximum atomic E-state index is 12.8. The van der Waals surface area contributed by atoms with Gasteiger partial charge in [0.2, 0.25) is 0 Å². The van der Waals surface area contributed by atoms with Gasteiger partial charge in [-0.3, -0.25) is 13.9 Å². The molecule has 3 rings (SSSR count). The molecule has 0 radical (unpaired) electrons. The van der Waals surface area contributed by atoms with Gasteiger partial charge in [0.05, 0.1) is 17.3 Å². The van der Waals surface area contributed by atoms with E-state index in [-0.39, 0.29) is 11.6 Å². The maximum Gasteiger partial charge on any atom is 0.332 e. The Labute approximate surface area is 105 Å². The van der Waals surface area contributed by atoms with Gasteiger partial charge in [-0.05, 0) is 24.3 Å². The lowest BCUT2D eigenvalue weighted by atomic mass is 10.2. The molecule has 0 bridgehead atoms. The van der Waals surface area contributed by atoms with Crippen LogP contribution < -0.4 is 4.90 Å². The molecule has 94 valence electrons. The number of anilines is 1. The molecule has 0 spiro atoms. The lowest BCUT2D eigenvalue weighted by Crippen LogP contribution is -2.33. The summed E-state index contributed by atoms with van der Waals surface area (Å²) >= 11 is 0. The Morgan fingerprint density at radius 2 is 1.89 bits per heavy atom. The summed E-state index contributed by atoms with van der Waals surface area (Å²) < 4.78 is 24.1. The molecule has 18 heavy (non-hydrogen) atoms. The minimum absolute atomic E-state index is 0.0902. The molecule has 0 saturated carbocycles. The molecule has 1 aromatic rings. The summed E-state index contributed by atoms with van der Waals surface area (Å²) in [5, 5.41) is 0. The summed E-state index contributed by atoms with van der Waals surface area (Å²) in [4.78, 5) is 26.4. The number of imide groups is 1. The van der Waals surface area contributed by atoms with E-state index in [2.05, 4.69) is 0 Å². The SMILES string of the molecule is O=C1C2CS(=O)CN2C(=O)N1c1ccc(F)cc1. The van der Waals surface area contributed by atoms with Gasteiger partial charge in [-0.25, -0.2) is 14.1 Å². The zero-order chi connectivity index (χ0) is 12.9. The summed E-state index contributed by atoms with van der Waals surface area (Å²) in [5.41, 5.74) is 0.339. The van der Waals surface area contributed by atoms with Crippen molar-refractivity contribution in [2.24, 2.45) is 0 Å². The van der Waals surface area contributed by atoms with Crippen molar-refractivity contribution in [2.45, 2.75) is 6.04 Å². The van der Waals surface area contributed by atoms with Gasteiger partial charge < -0.3 is 0 Å². The van der Waals surface area contributed by atoms with Crippen molar-refractivity contribution in [3.05, 3.63) is 30.1 Å². The van der Waals surface area contributed by atoms with Gasteiger partial charge in [-0.2, -0.15) is 0 Å². The quantitative estimate of drug-likeness (QED) is 0.704. The van der Waals surface area contributed by atoms with Crippen molar-refractivity contribution >= 4 is 28.4 Å². The summed E-state index contributed by atoms with van der Waals surface area (Å²) in [6, 6.07) is 4.02. The Bertz CT molecular complexity index is 534. The first-order valence-corrected chi connectivity index (χ1v) is 6.82. The first-order valence-electron chi connectivity index (χ1n) is 5.33. The van der Waals surface area contributed by atoms with E-state index >= 15 is 0 Å². The predicted molar refractivity (Wildman–Crippen MR) is 62.8 cm³/mol.